The molecule has 2 nitrogen and oxygen atoms in total. The van der Waals surface area contributed by atoms with Crippen LogP contribution < -0.4 is 4.90 Å². The molecule has 244 valence electrons. The zero-order valence-electron chi connectivity index (χ0n) is 29.6. The zero-order valence-corrected chi connectivity index (χ0v) is 29.6. The molecule has 0 N–H and O–H groups in total. The highest BCUT2D eigenvalue weighted by Crippen LogP contribution is 2.50. The second-order valence-corrected chi connectivity index (χ2v) is 15.3. The van der Waals surface area contributed by atoms with Gasteiger partial charge >= 0.3 is 0 Å². The van der Waals surface area contributed by atoms with E-state index in [1.54, 1.807) is 0 Å². The molecule has 0 spiro atoms. The van der Waals surface area contributed by atoms with Gasteiger partial charge in [-0.1, -0.05) is 175 Å². The van der Waals surface area contributed by atoms with Crippen LogP contribution in [0.3, 0.4) is 0 Å². The fourth-order valence-corrected chi connectivity index (χ4v) is 7.14. The summed E-state index contributed by atoms with van der Waals surface area (Å²) in [4.78, 5) is 2.56. The highest BCUT2D eigenvalue weighted by Gasteiger charge is 2.47. The lowest BCUT2D eigenvalue weighted by Crippen LogP contribution is -2.27. The third-order valence-electron chi connectivity index (χ3n) is 9.88. The van der Waals surface area contributed by atoms with Gasteiger partial charge in [-0.15, -0.1) is 0 Å². The maximum Gasteiger partial charge on any atom is 0.245 e. The summed E-state index contributed by atoms with van der Waals surface area (Å²) in [6.07, 6.45) is 2.40. The summed E-state index contributed by atoms with van der Waals surface area (Å²) in [5.41, 5.74) is 12.5. The normalized spacial score (nSPS) is 16.4. The molecular formula is C47H47N2+. The Bertz CT molecular complexity index is 2070. The topological polar surface area (TPSA) is 6.25 Å². The quantitative estimate of drug-likeness (QED) is 0.164. The van der Waals surface area contributed by atoms with Crippen molar-refractivity contribution >= 4 is 17.7 Å². The number of hydrogen-bond donors (Lipinski definition) is 0. The van der Waals surface area contributed by atoms with E-state index in [2.05, 4.69) is 215 Å². The molecule has 1 aliphatic heterocycles. The first-order valence-corrected chi connectivity index (χ1v) is 17.5. The minimum absolute atomic E-state index is 0.00296. The molecule has 6 aromatic rings. The number of anilines is 1. The van der Waals surface area contributed by atoms with Crippen molar-refractivity contribution in [3.05, 3.63) is 180 Å². The SMILES string of the molecule is CC(C)(C)c1ccc(-c2ccccc2)c(N2C=[N+](c3cc(C(C)(C)C)ccc3-c3ccccc3)[C@@H](c3ccccc3)[C@@H]2c2ccccc2)c1. The molecule has 0 unspecified atom stereocenters. The molecule has 0 fully saturated rings. The van der Waals surface area contributed by atoms with E-state index in [0.29, 0.717) is 0 Å². The maximum absolute atomic E-state index is 2.56. The molecule has 7 rings (SSSR count). The van der Waals surface area contributed by atoms with E-state index in [4.69, 9.17) is 0 Å². The standard InChI is InChI=1S/C47H47N2/c1-46(2,3)38-27-29-40(34-19-11-7-12-20-34)42(31-38)48-33-49(45(37-25-17-10-18-26-37)44(48)36-23-15-9-16-24-36)43-32-39(47(4,5)6)28-30-41(43)35-21-13-8-14-22-35/h7-33,44-45H,1-6H3/q+1/t44-,45-/m0/s1. The predicted molar refractivity (Wildman–Crippen MR) is 208 cm³/mol. The Morgan fingerprint density at radius 1 is 0.469 bits per heavy atom. The average Bonchev–Trinajstić information content (AvgIpc) is 3.52. The predicted octanol–water partition coefficient (Wildman–Crippen LogP) is 12.3. The number of hydrogen-bond acceptors (Lipinski definition) is 1. The van der Waals surface area contributed by atoms with E-state index in [1.807, 2.05) is 0 Å². The summed E-state index contributed by atoms with van der Waals surface area (Å²) in [5, 5.41) is 0. The van der Waals surface area contributed by atoms with Gasteiger partial charge in [-0.25, -0.2) is 9.48 Å². The summed E-state index contributed by atoms with van der Waals surface area (Å²) in [6.45, 7) is 13.8. The number of rotatable bonds is 6. The smallest absolute Gasteiger partial charge is 0.221 e. The number of benzene rings is 6. The van der Waals surface area contributed by atoms with Crippen LogP contribution in [0.25, 0.3) is 22.3 Å². The summed E-state index contributed by atoms with van der Waals surface area (Å²) in [6, 6.07) is 58.0. The third-order valence-corrected chi connectivity index (χ3v) is 9.88. The Hall–Kier alpha value is -5.21. The monoisotopic (exact) mass is 639 g/mol. The van der Waals surface area contributed by atoms with Crippen LogP contribution in [-0.2, 0) is 10.8 Å². The molecule has 1 aliphatic rings. The summed E-state index contributed by atoms with van der Waals surface area (Å²) < 4.78 is 2.56. The molecule has 0 bridgehead atoms. The third kappa shape index (κ3) is 6.48. The van der Waals surface area contributed by atoms with Gasteiger partial charge in [-0.3, -0.25) is 0 Å². The van der Waals surface area contributed by atoms with Crippen molar-refractivity contribution in [2.75, 3.05) is 4.90 Å². The Kier molecular flexibility index (Phi) is 8.59. The summed E-state index contributed by atoms with van der Waals surface area (Å²) in [5.74, 6) is 0. The van der Waals surface area contributed by atoms with Crippen LogP contribution in [0.15, 0.2) is 158 Å². The molecule has 0 amide bonds. The van der Waals surface area contributed by atoms with Crippen molar-refractivity contribution in [3.63, 3.8) is 0 Å². The molecule has 0 aliphatic carbocycles. The van der Waals surface area contributed by atoms with Gasteiger partial charge in [-0.05, 0) is 57.3 Å². The van der Waals surface area contributed by atoms with Crippen molar-refractivity contribution < 1.29 is 4.58 Å². The zero-order chi connectivity index (χ0) is 34.2. The Morgan fingerprint density at radius 3 is 1.45 bits per heavy atom. The van der Waals surface area contributed by atoms with E-state index in [1.165, 1.54) is 55.9 Å². The fraction of sp³-hybridized carbons (Fsp3) is 0.213. The van der Waals surface area contributed by atoms with Crippen LogP contribution in [0.1, 0.15) is 75.9 Å². The van der Waals surface area contributed by atoms with Gasteiger partial charge in [0.2, 0.25) is 6.34 Å². The Morgan fingerprint density at radius 2 is 0.918 bits per heavy atom. The van der Waals surface area contributed by atoms with Gasteiger partial charge in [0.05, 0.1) is 0 Å². The summed E-state index contributed by atoms with van der Waals surface area (Å²) in [7, 11) is 0. The van der Waals surface area contributed by atoms with Crippen LogP contribution >= 0.6 is 0 Å². The number of nitrogens with zero attached hydrogens (tertiary/aromatic N) is 2. The molecule has 0 aromatic heterocycles. The molecule has 2 heteroatoms. The van der Waals surface area contributed by atoms with Crippen LogP contribution in [0, 0.1) is 0 Å². The van der Waals surface area contributed by atoms with Gasteiger partial charge in [0.15, 0.2) is 12.1 Å². The first kappa shape index (κ1) is 32.3. The molecule has 1 heterocycles. The maximum atomic E-state index is 2.56. The van der Waals surface area contributed by atoms with Crippen LogP contribution in [0.2, 0.25) is 0 Å². The molecule has 6 aromatic carbocycles. The van der Waals surface area contributed by atoms with Crippen LogP contribution in [-0.4, -0.2) is 10.9 Å². The van der Waals surface area contributed by atoms with Gasteiger partial charge in [0.25, 0.3) is 0 Å². The molecule has 0 radical (unpaired) electrons. The molecule has 0 saturated heterocycles. The van der Waals surface area contributed by atoms with Crippen molar-refractivity contribution in [1.82, 2.24) is 0 Å². The second kappa shape index (κ2) is 13.0. The van der Waals surface area contributed by atoms with Crippen molar-refractivity contribution in [2.24, 2.45) is 0 Å². The molecule has 2 atom stereocenters. The largest absolute Gasteiger partial charge is 0.245 e. The van der Waals surface area contributed by atoms with E-state index in [-0.39, 0.29) is 22.9 Å². The Labute approximate surface area is 293 Å². The van der Waals surface area contributed by atoms with Crippen molar-refractivity contribution in [2.45, 2.75) is 64.5 Å². The van der Waals surface area contributed by atoms with Crippen molar-refractivity contribution in [1.29, 1.82) is 0 Å². The first-order chi connectivity index (χ1) is 23.6. The molecular weight excluding hydrogens is 593 g/mol. The first-order valence-electron chi connectivity index (χ1n) is 17.5. The van der Waals surface area contributed by atoms with Gasteiger partial charge in [0, 0.05) is 22.3 Å². The van der Waals surface area contributed by atoms with E-state index in [9.17, 15) is 0 Å². The minimum Gasteiger partial charge on any atom is -0.221 e. The molecule has 49 heavy (non-hydrogen) atoms. The highest BCUT2D eigenvalue weighted by molar-refractivity contribution is 5.91. The van der Waals surface area contributed by atoms with Crippen molar-refractivity contribution in [3.8, 4) is 22.3 Å². The Balaban J connectivity index is 1.57. The van der Waals surface area contributed by atoms with Gasteiger partial charge < -0.3 is 0 Å². The van der Waals surface area contributed by atoms with E-state index in [0.717, 1.165) is 0 Å². The second-order valence-electron chi connectivity index (χ2n) is 15.3. The van der Waals surface area contributed by atoms with Crippen LogP contribution in [0.4, 0.5) is 11.4 Å². The highest BCUT2D eigenvalue weighted by atomic mass is 15.3. The van der Waals surface area contributed by atoms with E-state index < -0.39 is 0 Å². The summed E-state index contributed by atoms with van der Waals surface area (Å²) >= 11 is 0. The van der Waals surface area contributed by atoms with Gasteiger partial charge in [0.1, 0.15) is 11.4 Å². The van der Waals surface area contributed by atoms with Crippen LogP contribution in [0.5, 0.6) is 0 Å². The minimum atomic E-state index is -0.00796. The lowest BCUT2D eigenvalue weighted by molar-refractivity contribution is -0.480. The fourth-order valence-electron chi connectivity index (χ4n) is 7.14. The average molecular weight is 640 g/mol. The van der Waals surface area contributed by atoms with E-state index >= 15 is 0 Å². The molecule has 0 saturated carbocycles. The van der Waals surface area contributed by atoms with Gasteiger partial charge in [-0.2, -0.15) is 0 Å². The lowest BCUT2D eigenvalue weighted by atomic mass is 9.84. The lowest BCUT2D eigenvalue weighted by Gasteiger charge is -2.28.